The highest BCUT2D eigenvalue weighted by molar-refractivity contribution is 14.0. The number of anilines is 1. The molecule has 0 saturated carbocycles. The van der Waals surface area contributed by atoms with Crippen LogP contribution in [0.5, 0.6) is 0 Å². The van der Waals surface area contributed by atoms with Gasteiger partial charge in [0, 0.05) is 71.3 Å². The molecule has 1 atom stereocenters. The number of nitrogens with zero attached hydrogens (tertiary/aromatic N) is 4. The molecule has 0 spiro atoms. The monoisotopic (exact) mass is 518 g/mol. The van der Waals surface area contributed by atoms with Crippen LogP contribution in [0.15, 0.2) is 23.3 Å². The number of likely N-dealkylation sites (N-methyl/N-ethyl adjacent to an activating group) is 1. The van der Waals surface area contributed by atoms with Crippen molar-refractivity contribution in [1.82, 2.24) is 20.5 Å². The molecule has 3 rings (SSSR count). The number of aliphatic imine (C=N–C) groups is 1. The Morgan fingerprint density at radius 1 is 1.31 bits per heavy atom. The number of ether oxygens (including phenoxy) is 2. The van der Waals surface area contributed by atoms with E-state index < -0.39 is 0 Å². The molecule has 0 bridgehead atoms. The van der Waals surface area contributed by atoms with Crippen LogP contribution in [0, 0.1) is 0 Å². The molecular weight excluding hydrogens is 483 g/mol. The third-order valence-electron chi connectivity index (χ3n) is 5.20. The van der Waals surface area contributed by atoms with Crippen molar-refractivity contribution < 1.29 is 9.47 Å². The molecule has 2 saturated heterocycles. The van der Waals surface area contributed by atoms with E-state index in [0.717, 1.165) is 77.2 Å². The molecule has 1 aromatic heterocycles. The molecule has 29 heavy (non-hydrogen) atoms. The molecule has 2 N–H and O–H groups in total. The maximum Gasteiger partial charge on any atom is 0.191 e. The lowest BCUT2D eigenvalue weighted by Crippen LogP contribution is -2.45. The van der Waals surface area contributed by atoms with Crippen LogP contribution in [-0.4, -0.2) is 88.6 Å². The zero-order valence-electron chi connectivity index (χ0n) is 17.6. The first-order chi connectivity index (χ1) is 13.8. The molecule has 9 heteroatoms. The largest absolute Gasteiger partial charge is 0.379 e. The fraction of sp³-hybridized carbons (Fsp3) is 0.700. The summed E-state index contributed by atoms with van der Waals surface area (Å²) in [5.74, 6) is 1.88. The van der Waals surface area contributed by atoms with Crippen molar-refractivity contribution in [2.24, 2.45) is 4.99 Å². The minimum Gasteiger partial charge on any atom is -0.379 e. The Morgan fingerprint density at radius 3 is 2.86 bits per heavy atom. The molecule has 0 amide bonds. The number of guanidine groups is 1. The summed E-state index contributed by atoms with van der Waals surface area (Å²) < 4.78 is 11.1. The Kier molecular flexibility index (Phi) is 11.0. The predicted molar refractivity (Wildman–Crippen MR) is 127 cm³/mol. The minimum atomic E-state index is 0. The normalized spacial score (nSPS) is 20.4. The van der Waals surface area contributed by atoms with Crippen LogP contribution in [0.2, 0.25) is 0 Å². The van der Waals surface area contributed by atoms with Crippen molar-refractivity contribution in [1.29, 1.82) is 0 Å². The van der Waals surface area contributed by atoms with Crippen molar-refractivity contribution in [3.05, 3.63) is 23.9 Å². The summed E-state index contributed by atoms with van der Waals surface area (Å²) >= 11 is 0. The van der Waals surface area contributed by atoms with Crippen molar-refractivity contribution in [2.75, 3.05) is 71.5 Å². The van der Waals surface area contributed by atoms with E-state index in [2.05, 4.69) is 43.5 Å². The van der Waals surface area contributed by atoms with Gasteiger partial charge in [-0.25, -0.2) is 4.98 Å². The number of hydrogen-bond donors (Lipinski definition) is 2. The second-order valence-electron chi connectivity index (χ2n) is 7.34. The lowest BCUT2D eigenvalue weighted by Gasteiger charge is -2.34. The van der Waals surface area contributed by atoms with Crippen LogP contribution in [-0.2, 0) is 16.0 Å². The number of hydrogen-bond acceptors (Lipinski definition) is 6. The van der Waals surface area contributed by atoms with Gasteiger partial charge in [0.15, 0.2) is 5.96 Å². The quantitative estimate of drug-likeness (QED) is 0.233. The van der Waals surface area contributed by atoms with Gasteiger partial charge in [-0.1, -0.05) is 6.07 Å². The molecule has 2 aliphatic rings. The Morgan fingerprint density at radius 2 is 2.14 bits per heavy atom. The Hall–Kier alpha value is -1.17. The molecule has 0 radical (unpaired) electrons. The van der Waals surface area contributed by atoms with Gasteiger partial charge in [-0.2, -0.15) is 0 Å². The number of halogens is 1. The zero-order valence-corrected chi connectivity index (χ0v) is 19.9. The summed E-state index contributed by atoms with van der Waals surface area (Å²) in [6, 6.07) is 4.13. The summed E-state index contributed by atoms with van der Waals surface area (Å²) in [6.45, 7) is 7.99. The Labute approximate surface area is 191 Å². The first kappa shape index (κ1) is 24.1. The van der Waals surface area contributed by atoms with Gasteiger partial charge in [0.25, 0.3) is 0 Å². The first-order valence-electron chi connectivity index (χ1n) is 10.3. The molecule has 8 nitrogen and oxygen atoms in total. The highest BCUT2D eigenvalue weighted by atomic mass is 127. The second-order valence-corrected chi connectivity index (χ2v) is 7.34. The van der Waals surface area contributed by atoms with Crippen molar-refractivity contribution in [2.45, 2.75) is 25.5 Å². The maximum atomic E-state index is 5.80. The molecule has 0 aromatic carbocycles. The lowest BCUT2D eigenvalue weighted by atomic mass is 10.2. The van der Waals surface area contributed by atoms with E-state index in [1.54, 1.807) is 7.05 Å². The molecule has 1 unspecified atom stereocenters. The lowest BCUT2D eigenvalue weighted by molar-refractivity contribution is 0.0420. The van der Waals surface area contributed by atoms with Crippen LogP contribution >= 0.6 is 24.0 Å². The topological polar surface area (TPSA) is 74.2 Å². The summed E-state index contributed by atoms with van der Waals surface area (Å²) in [7, 11) is 3.97. The third kappa shape index (κ3) is 7.88. The molecule has 0 aliphatic carbocycles. The smallest absolute Gasteiger partial charge is 0.191 e. The maximum absolute atomic E-state index is 5.80. The minimum absolute atomic E-state index is 0. The number of nitrogens with one attached hydrogen (secondary N) is 2. The average Bonchev–Trinajstić information content (AvgIpc) is 3.24. The standard InChI is InChI=1S/C20H34N6O2.HI/c1-21-20(23-8-4-13-28-18-6-14-27-16-18)24-15-17-5-3-7-22-19(17)26-11-9-25(2)10-12-26;/h3,5,7,18H,4,6,8-16H2,1-2H3,(H2,21,23,24);1H. The van der Waals surface area contributed by atoms with Crippen LogP contribution in [0.3, 0.4) is 0 Å². The number of rotatable bonds is 8. The summed E-state index contributed by atoms with van der Waals surface area (Å²) in [4.78, 5) is 13.7. The van der Waals surface area contributed by atoms with Gasteiger partial charge in [-0.15, -0.1) is 24.0 Å². The molecule has 1 aromatic rings. The number of piperazine rings is 1. The summed E-state index contributed by atoms with van der Waals surface area (Å²) in [6.07, 6.45) is 4.10. The van der Waals surface area contributed by atoms with Crippen LogP contribution in [0.25, 0.3) is 0 Å². The van der Waals surface area contributed by atoms with Gasteiger partial charge in [0.05, 0.1) is 12.7 Å². The van der Waals surface area contributed by atoms with Crippen LogP contribution < -0.4 is 15.5 Å². The Bertz CT molecular complexity index is 619. The van der Waals surface area contributed by atoms with E-state index in [1.807, 2.05) is 12.3 Å². The van der Waals surface area contributed by atoms with Crippen molar-refractivity contribution in [3.63, 3.8) is 0 Å². The summed E-state index contributed by atoms with van der Waals surface area (Å²) in [5, 5.41) is 6.76. The van der Waals surface area contributed by atoms with E-state index in [9.17, 15) is 0 Å². The van der Waals surface area contributed by atoms with Crippen LogP contribution in [0.4, 0.5) is 5.82 Å². The zero-order chi connectivity index (χ0) is 19.6. The van der Waals surface area contributed by atoms with E-state index in [-0.39, 0.29) is 30.1 Å². The third-order valence-corrected chi connectivity index (χ3v) is 5.20. The van der Waals surface area contributed by atoms with Crippen LogP contribution in [0.1, 0.15) is 18.4 Å². The van der Waals surface area contributed by atoms with Gasteiger partial charge in [0.2, 0.25) is 0 Å². The average molecular weight is 518 g/mol. The van der Waals surface area contributed by atoms with Crippen molar-refractivity contribution in [3.8, 4) is 0 Å². The Balaban J connectivity index is 0.00000300. The van der Waals surface area contributed by atoms with Crippen molar-refractivity contribution >= 4 is 35.8 Å². The molecular formula is C20H35IN6O2. The first-order valence-corrected chi connectivity index (χ1v) is 10.3. The number of aromatic nitrogens is 1. The van der Waals surface area contributed by atoms with E-state index in [0.29, 0.717) is 6.54 Å². The van der Waals surface area contributed by atoms with Gasteiger partial charge in [-0.05, 0) is 26.0 Å². The van der Waals surface area contributed by atoms with E-state index in [4.69, 9.17) is 9.47 Å². The molecule has 2 fully saturated rings. The predicted octanol–water partition coefficient (Wildman–Crippen LogP) is 1.31. The highest BCUT2D eigenvalue weighted by Crippen LogP contribution is 2.18. The SMILES string of the molecule is CN=C(NCCCOC1CCOC1)NCc1cccnc1N1CCN(C)CC1.I. The van der Waals surface area contributed by atoms with Gasteiger partial charge < -0.3 is 29.9 Å². The molecule has 2 aliphatic heterocycles. The van der Waals surface area contributed by atoms with Gasteiger partial charge in [0.1, 0.15) is 5.82 Å². The fourth-order valence-electron chi connectivity index (χ4n) is 3.44. The highest BCUT2D eigenvalue weighted by Gasteiger charge is 2.18. The summed E-state index contributed by atoms with van der Waals surface area (Å²) in [5.41, 5.74) is 1.19. The molecule has 164 valence electrons. The number of pyridine rings is 1. The second kappa shape index (κ2) is 13.2. The van der Waals surface area contributed by atoms with Gasteiger partial charge >= 0.3 is 0 Å². The van der Waals surface area contributed by atoms with Gasteiger partial charge in [-0.3, -0.25) is 4.99 Å². The van der Waals surface area contributed by atoms with E-state index >= 15 is 0 Å². The van der Waals surface area contributed by atoms with E-state index in [1.165, 1.54) is 5.56 Å². The molecule has 3 heterocycles. The fourth-order valence-corrected chi connectivity index (χ4v) is 3.44.